The molecular formula is C10H5Br2N3. The van der Waals surface area contributed by atoms with E-state index in [4.69, 9.17) is 5.26 Å². The number of hydrogen-bond donors (Lipinski definition) is 0. The first-order chi connectivity index (χ1) is 7.22. The second-order valence-corrected chi connectivity index (χ2v) is 4.54. The van der Waals surface area contributed by atoms with Crippen molar-refractivity contribution in [1.29, 1.82) is 5.26 Å². The molecule has 2 aromatic rings. The van der Waals surface area contributed by atoms with Gasteiger partial charge in [0.1, 0.15) is 6.07 Å². The van der Waals surface area contributed by atoms with Crippen molar-refractivity contribution < 1.29 is 0 Å². The van der Waals surface area contributed by atoms with E-state index >= 15 is 0 Å². The summed E-state index contributed by atoms with van der Waals surface area (Å²) in [4.78, 5) is 0. The zero-order valence-electron chi connectivity index (χ0n) is 7.48. The highest BCUT2D eigenvalue weighted by atomic mass is 79.9. The van der Waals surface area contributed by atoms with Crippen LogP contribution in [-0.4, -0.2) is 9.78 Å². The standard InChI is InChI=1S/C10H5Br2N3/c11-7-3-1-2-4-10(7)15-6-8(12)9(5-13)14-15/h1-4,6H. The lowest BCUT2D eigenvalue weighted by Crippen LogP contribution is -1.95. The van der Waals surface area contributed by atoms with E-state index in [2.05, 4.69) is 37.0 Å². The van der Waals surface area contributed by atoms with E-state index in [0.717, 1.165) is 10.2 Å². The van der Waals surface area contributed by atoms with E-state index < -0.39 is 0 Å². The molecule has 0 aliphatic carbocycles. The van der Waals surface area contributed by atoms with Crippen LogP contribution in [-0.2, 0) is 0 Å². The number of hydrogen-bond acceptors (Lipinski definition) is 2. The minimum Gasteiger partial charge on any atom is -0.237 e. The van der Waals surface area contributed by atoms with Gasteiger partial charge in [-0.1, -0.05) is 12.1 Å². The van der Waals surface area contributed by atoms with Gasteiger partial charge in [0.15, 0.2) is 5.69 Å². The molecule has 2 rings (SSSR count). The molecule has 1 aromatic carbocycles. The molecule has 0 N–H and O–H groups in total. The first-order valence-electron chi connectivity index (χ1n) is 4.12. The predicted octanol–water partition coefficient (Wildman–Crippen LogP) is 3.27. The molecule has 0 aliphatic rings. The summed E-state index contributed by atoms with van der Waals surface area (Å²) in [5.41, 5.74) is 1.28. The average molecular weight is 327 g/mol. The third-order valence-electron chi connectivity index (χ3n) is 1.87. The van der Waals surface area contributed by atoms with E-state index in [1.165, 1.54) is 0 Å². The van der Waals surface area contributed by atoms with Crippen molar-refractivity contribution in [1.82, 2.24) is 9.78 Å². The van der Waals surface area contributed by atoms with Crippen molar-refractivity contribution >= 4 is 31.9 Å². The van der Waals surface area contributed by atoms with Crippen LogP contribution in [0.2, 0.25) is 0 Å². The van der Waals surface area contributed by atoms with Crippen LogP contribution in [0.5, 0.6) is 0 Å². The van der Waals surface area contributed by atoms with Crippen molar-refractivity contribution in [2.75, 3.05) is 0 Å². The van der Waals surface area contributed by atoms with Gasteiger partial charge in [-0.25, -0.2) is 4.68 Å². The molecule has 3 nitrogen and oxygen atoms in total. The maximum absolute atomic E-state index is 8.78. The van der Waals surface area contributed by atoms with Crippen LogP contribution in [0.3, 0.4) is 0 Å². The Morgan fingerprint density at radius 3 is 2.53 bits per heavy atom. The Morgan fingerprint density at radius 2 is 1.93 bits per heavy atom. The summed E-state index contributed by atoms with van der Waals surface area (Å²) in [6.07, 6.45) is 1.76. The van der Waals surface area contributed by atoms with Gasteiger partial charge in [0.25, 0.3) is 0 Å². The summed E-state index contributed by atoms with van der Waals surface area (Å²) in [7, 11) is 0. The van der Waals surface area contributed by atoms with E-state index in [0.29, 0.717) is 10.2 Å². The Hall–Kier alpha value is -1.12. The molecule has 15 heavy (non-hydrogen) atoms. The van der Waals surface area contributed by atoms with Gasteiger partial charge in [0, 0.05) is 10.7 Å². The smallest absolute Gasteiger partial charge is 0.177 e. The number of halogens is 2. The van der Waals surface area contributed by atoms with Gasteiger partial charge in [-0.05, 0) is 44.0 Å². The SMILES string of the molecule is N#Cc1nn(-c2ccccc2Br)cc1Br. The summed E-state index contributed by atoms with van der Waals surface area (Å²) in [5.74, 6) is 0. The van der Waals surface area contributed by atoms with Crippen LogP contribution in [0.25, 0.3) is 5.69 Å². The molecule has 1 heterocycles. The van der Waals surface area contributed by atoms with Gasteiger partial charge in [-0.3, -0.25) is 0 Å². The molecule has 74 valence electrons. The normalized spacial score (nSPS) is 9.93. The first-order valence-corrected chi connectivity index (χ1v) is 5.71. The fraction of sp³-hybridized carbons (Fsp3) is 0. The molecule has 0 amide bonds. The molecule has 5 heteroatoms. The number of aromatic nitrogens is 2. The zero-order valence-corrected chi connectivity index (χ0v) is 10.7. The molecule has 1 aromatic heterocycles. The van der Waals surface area contributed by atoms with Gasteiger partial charge in [-0.15, -0.1) is 0 Å². The van der Waals surface area contributed by atoms with Gasteiger partial charge in [-0.2, -0.15) is 10.4 Å². The van der Waals surface area contributed by atoms with Crippen molar-refractivity contribution in [3.05, 3.63) is 45.1 Å². The van der Waals surface area contributed by atoms with Crippen molar-refractivity contribution in [3.8, 4) is 11.8 Å². The van der Waals surface area contributed by atoms with Gasteiger partial charge < -0.3 is 0 Å². The second-order valence-electron chi connectivity index (χ2n) is 2.83. The minimum atomic E-state index is 0.380. The summed E-state index contributed by atoms with van der Waals surface area (Å²) in [6, 6.07) is 9.71. The Labute approximate surface area is 104 Å². The fourth-order valence-electron chi connectivity index (χ4n) is 1.19. The number of nitriles is 1. The first kappa shape index (κ1) is 10.4. The average Bonchev–Trinajstić information content (AvgIpc) is 2.60. The topological polar surface area (TPSA) is 41.6 Å². The van der Waals surface area contributed by atoms with E-state index in [-0.39, 0.29) is 0 Å². The van der Waals surface area contributed by atoms with Crippen LogP contribution in [0.4, 0.5) is 0 Å². The zero-order chi connectivity index (χ0) is 10.8. The van der Waals surface area contributed by atoms with Crippen molar-refractivity contribution in [2.24, 2.45) is 0 Å². The minimum absolute atomic E-state index is 0.380. The Balaban J connectivity index is 2.56. The van der Waals surface area contributed by atoms with Crippen LogP contribution in [0.1, 0.15) is 5.69 Å². The third kappa shape index (κ3) is 1.96. The van der Waals surface area contributed by atoms with Crippen LogP contribution < -0.4 is 0 Å². The van der Waals surface area contributed by atoms with Crippen LogP contribution in [0, 0.1) is 11.3 Å². The third-order valence-corrected chi connectivity index (χ3v) is 3.13. The number of nitrogens with zero attached hydrogens (tertiary/aromatic N) is 3. The van der Waals surface area contributed by atoms with Gasteiger partial charge >= 0.3 is 0 Å². The Morgan fingerprint density at radius 1 is 1.20 bits per heavy atom. The highest BCUT2D eigenvalue weighted by Crippen LogP contribution is 2.22. The fourth-order valence-corrected chi connectivity index (χ4v) is 2.02. The molecule has 0 bridgehead atoms. The van der Waals surface area contributed by atoms with Crippen molar-refractivity contribution in [3.63, 3.8) is 0 Å². The molecule has 0 saturated heterocycles. The molecule has 0 fully saturated rings. The molecule has 0 spiro atoms. The monoisotopic (exact) mass is 325 g/mol. The number of benzene rings is 1. The highest BCUT2D eigenvalue weighted by Gasteiger charge is 2.08. The molecule has 0 atom stereocenters. The number of para-hydroxylation sites is 1. The quantitative estimate of drug-likeness (QED) is 0.807. The summed E-state index contributed by atoms with van der Waals surface area (Å²) in [5, 5.41) is 12.9. The second kappa shape index (κ2) is 4.17. The predicted molar refractivity (Wildman–Crippen MR) is 63.7 cm³/mol. The lowest BCUT2D eigenvalue weighted by Gasteiger charge is -2.02. The summed E-state index contributed by atoms with van der Waals surface area (Å²) < 4.78 is 3.29. The van der Waals surface area contributed by atoms with Crippen LogP contribution >= 0.6 is 31.9 Å². The van der Waals surface area contributed by atoms with Gasteiger partial charge in [0.2, 0.25) is 0 Å². The lowest BCUT2D eigenvalue weighted by molar-refractivity contribution is 0.869. The van der Waals surface area contributed by atoms with Crippen LogP contribution in [0.15, 0.2) is 39.4 Å². The lowest BCUT2D eigenvalue weighted by atomic mass is 10.3. The highest BCUT2D eigenvalue weighted by molar-refractivity contribution is 9.10. The number of rotatable bonds is 1. The van der Waals surface area contributed by atoms with Crippen molar-refractivity contribution in [2.45, 2.75) is 0 Å². The molecule has 0 aliphatic heterocycles. The van der Waals surface area contributed by atoms with E-state index in [9.17, 15) is 0 Å². The maximum atomic E-state index is 8.78. The Bertz CT molecular complexity index is 540. The summed E-state index contributed by atoms with van der Waals surface area (Å²) >= 11 is 6.71. The van der Waals surface area contributed by atoms with Gasteiger partial charge in [0.05, 0.1) is 10.2 Å². The van der Waals surface area contributed by atoms with E-state index in [1.54, 1.807) is 10.9 Å². The largest absolute Gasteiger partial charge is 0.237 e. The molecule has 0 saturated carbocycles. The summed E-state index contributed by atoms with van der Waals surface area (Å²) in [6.45, 7) is 0. The molecule has 0 unspecified atom stereocenters. The molecular weight excluding hydrogens is 322 g/mol. The Kier molecular flexibility index (Phi) is 2.89. The molecule has 0 radical (unpaired) electrons. The maximum Gasteiger partial charge on any atom is 0.177 e. The van der Waals surface area contributed by atoms with E-state index in [1.807, 2.05) is 30.3 Å².